The molecule has 1 aliphatic rings. The number of sulfonamides is 1. The van der Waals surface area contributed by atoms with Gasteiger partial charge in [0.15, 0.2) is 5.96 Å². The first-order valence-electron chi connectivity index (χ1n) is 8.88. The topological polar surface area (TPSA) is 95.9 Å². The standard InChI is InChI=1S/C16H24F3N5O3S/c1-2-21-15(22-8-11-27-14-4-3-7-20-12-14)23-13-5-9-24(10-6-13)28(25,26)16(17,18)19/h3-4,7,12-13H,2,5-6,8-11H2,1H3,(H2,21,22,23). The molecule has 1 aromatic heterocycles. The first-order valence-corrected chi connectivity index (χ1v) is 10.3. The lowest BCUT2D eigenvalue weighted by molar-refractivity contribution is -0.0494. The molecule has 0 saturated carbocycles. The molecule has 1 fully saturated rings. The van der Waals surface area contributed by atoms with Crippen molar-refractivity contribution < 1.29 is 26.3 Å². The van der Waals surface area contributed by atoms with Gasteiger partial charge in [0.1, 0.15) is 12.4 Å². The Balaban J connectivity index is 1.82. The predicted molar refractivity (Wildman–Crippen MR) is 98.4 cm³/mol. The molecule has 1 aliphatic heterocycles. The van der Waals surface area contributed by atoms with E-state index >= 15 is 0 Å². The van der Waals surface area contributed by atoms with Crippen LogP contribution in [0.15, 0.2) is 29.5 Å². The van der Waals surface area contributed by atoms with Crippen LogP contribution in [0.5, 0.6) is 5.75 Å². The Morgan fingerprint density at radius 1 is 1.39 bits per heavy atom. The zero-order chi connectivity index (χ0) is 20.6. The van der Waals surface area contributed by atoms with E-state index in [1.165, 1.54) is 0 Å². The summed E-state index contributed by atoms with van der Waals surface area (Å²) in [6, 6.07) is 3.37. The third-order valence-corrected chi connectivity index (χ3v) is 5.67. The summed E-state index contributed by atoms with van der Waals surface area (Å²) in [4.78, 5) is 8.31. The zero-order valence-electron chi connectivity index (χ0n) is 15.4. The van der Waals surface area contributed by atoms with Gasteiger partial charge in [-0.1, -0.05) is 0 Å². The molecule has 0 atom stereocenters. The number of halogens is 3. The summed E-state index contributed by atoms with van der Waals surface area (Å²) in [5.74, 6) is 1.14. The number of piperidine rings is 1. The number of aliphatic imine (C=N–C) groups is 1. The summed E-state index contributed by atoms with van der Waals surface area (Å²) < 4.78 is 66.8. The first kappa shape index (κ1) is 22.2. The van der Waals surface area contributed by atoms with Crippen molar-refractivity contribution >= 4 is 16.0 Å². The number of nitrogens with one attached hydrogen (secondary N) is 2. The number of nitrogens with zero attached hydrogens (tertiary/aromatic N) is 3. The van der Waals surface area contributed by atoms with Gasteiger partial charge in [0.05, 0.1) is 12.7 Å². The molecular formula is C16H24F3N5O3S. The number of hydrogen-bond acceptors (Lipinski definition) is 5. The molecule has 1 aromatic rings. The maximum absolute atomic E-state index is 12.6. The Morgan fingerprint density at radius 2 is 2.11 bits per heavy atom. The third kappa shape index (κ3) is 6.23. The average Bonchev–Trinajstić information content (AvgIpc) is 2.66. The largest absolute Gasteiger partial charge is 0.511 e. The highest BCUT2D eigenvalue weighted by molar-refractivity contribution is 7.90. The molecule has 2 N–H and O–H groups in total. The van der Waals surface area contributed by atoms with E-state index in [0.717, 1.165) is 0 Å². The summed E-state index contributed by atoms with van der Waals surface area (Å²) in [5, 5.41) is 6.19. The summed E-state index contributed by atoms with van der Waals surface area (Å²) in [6.45, 7) is 2.82. The second-order valence-corrected chi connectivity index (χ2v) is 8.00. The highest BCUT2D eigenvalue weighted by Crippen LogP contribution is 2.28. The van der Waals surface area contributed by atoms with Crippen LogP contribution in [0.3, 0.4) is 0 Å². The van der Waals surface area contributed by atoms with Gasteiger partial charge in [-0.3, -0.25) is 4.98 Å². The predicted octanol–water partition coefficient (Wildman–Crippen LogP) is 1.33. The van der Waals surface area contributed by atoms with E-state index in [1.807, 2.05) is 6.92 Å². The minimum atomic E-state index is -5.27. The second-order valence-electron chi connectivity index (χ2n) is 6.07. The van der Waals surface area contributed by atoms with Gasteiger partial charge in [0, 0.05) is 31.9 Å². The number of pyridine rings is 1. The molecule has 8 nitrogen and oxygen atoms in total. The minimum absolute atomic E-state index is 0.170. The molecule has 28 heavy (non-hydrogen) atoms. The summed E-state index contributed by atoms with van der Waals surface area (Å²) in [6.07, 6.45) is 3.75. The zero-order valence-corrected chi connectivity index (χ0v) is 16.3. The van der Waals surface area contributed by atoms with Crippen molar-refractivity contribution in [2.45, 2.75) is 31.3 Å². The molecule has 1 saturated heterocycles. The highest BCUT2D eigenvalue weighted by Gasteiger charge is 2.50. The van der Waals surface area contributed by atoms with Gasteiger partial charge in [-0.2, -0.15) is 17.5 Å². The summed E-state index contributed by atoms with van der Waals surface area (Å²) in [5.41, 5.74) is -5.27. The van der Waals surface area contributed by atoms with E-state index in [1.54, 1.807) is 24.5 Å². The quantitative estimate of drug-likeness (QED) is 0.390. The number of guanidine groups is 1. The van der Waals surface area contributed by atoms with E-state index < -0.39 is 15.5 Å². The van der Waals surface area contributed by atoms with Crippen LogP contribution < -0.4 is 15.4 Å². The molecule has 2 heterocycles. The van der Waals surface area contributed by atoms with Gasteiger partial charge in [-0.15, -0.1) is 0 Å². The first-order chi connectivity index (χ1) is 13.2. The summed E-state index contributed by atoms with van der Waals surface area (Å²) >= 11 is 0. The Bertz CT molecular complexity index is 736. The number of aromatic nitrogens is 1. The normalized spacial score (nSPS) is 17.4. The SMILES string of the molecule is CCNC(=NCCOc1cccnc1)NC1CCN(S(=O)(=O)C(F)(F)F)CC1. The van der Waals surface area contributed by atoms with E-state index in [0.29, 0.717) is 35.7 Å². The van der Waals surface area contributed by atoms with Crippen molar-refractivity contribution in [1.29, 1.82) is 0 Å². The van der Waals surface area contributed by atoms with Gasteiger partial charge >= 0.3 is 15.5 Å². The van der Waals surface area contributed by atoms with Gasteiger partial charge in [-0.05, 0) is 31.9 Å². The van der Waals surface area contributed by atoms with Crippen LogP contribution in [0.25, 0.3) is 0 Å². The van der Waals surface area contributed by atoms with Gasteiger partial charge in [0.2, 0.25) is 0 Å². The van der Waals surface area contributed by atoms with E-state index in [2.05, 4.69) is 20.6 Å². The maximum atomic E-state index is 12.6. The van der Waals surface area contributed by atoms with Gasteiger partial charge in [0.25, 0.3) is 0 Å². The lowest BCUT2D eigenvalue weighted by Gasteiger charge is -2.32. The number of rotatable bonds is 7. The van der Waals surface area contributed by atoms with Crippen LogP contribution in [-0.4, -0.2) is 68.0 Å². The molecule has 12 heteroatoms. The smallest absolute Gasteiger partial charge is 0.490 e. The lowest BCUT2D eigenvalue weighted by Crippen LogP contribution is -2.51. The molecule has 0 aliphatic carbocycles. The van der Waals surface area contributed by atoms with Crippen molar-refractivity contribution in [3.05, 3.63) is 24.5 Å². The average molecular weight is 423 g/mol. The lowest BCUT2D eigenvalue weighted by atomic mass is 10.1. The van der Waals surface area contributed by atoms with Crippen molar-refractivity contribution in [2.24, 2.45) is 4.99 Å². The van der Waals surface area contributed by atoms with Crippen LogP contribution >= 0.6 is 0 Å². The van der Waals surface area contributed by atoms with Crippen molar-refractivity contribution in [2.75, 3.05) is 32.8 Å². The van der Waals surface area contributed by atoms with Crippen LogP contribution in [0, 0.1) is 0 Å². The Hall–Kier alpha value is -2.08. The molecular weight excluding hydrogens is 399 g/mol. The molecule has 0 spiro atoms. The Kier molecular flexibility index (Phi) is 7.87. The highest BCUT2D eigenvalue weighted by atomic mass is 32.2. The van der Waals surface area contributed by atoms with E-state index in [9.17, 15) is 21.6 Å². The Morgan fingerprint density at radius 3 is 2.68 bits per heavy atom. The third-order valence-electron chi connectivity index (χ3n) is 4.04. The number of alkyl halides is 3. The van der Waals surface area contributed by atoms with Crippen molar-refractivity contribution in [3.8, 4) is 5.75 Å². The molecule has 0 unspecified atom stereocenters. The fourth-order valence-corrected chi connectivity index (χ4v) is 3.64. The molecule has 0 bridgehead atoms. The molecule has 0 amide bonds. The number of ether oxygens (including phenoxy) is 1. The monoisotopic (exact) mass is 423 g/mol. The number of hydrogen-bond donors (Lipinski definition) is 2. The second kappa shape index (κ2) is 9.92. The van der Waals surface area contributed by atoms with Crippen molar-refractivity contribution in [1.82, 2.24) is 19.9 Å². The van der Waals surface area contributed by atoms with Gasteiger partial charge < -0.3 is 15.4 Å². The Labute approximate surface area is 162 Å². The minimum Gasteiger partial charge on any atom is -0.490 e. The molecule has 158 valence electrons. The molecule has 0 radical (unpaired) electrons. The molecule has 0 aromatic carbocycles. The fraction of sp³-hybridized carbons (Fsp3) is 0.625. The molecule has 2 rings (SSSR count). The van der Waals surface area contributed by atoms with Crippen LogP contribution in [0.2, 0.25) is 0 Å². The van der Waals surface area contributed by atoms with Crippen LogP contribution in [-0.2, 0) is 10.0 Å². The summed E-state index contributed by atoms with van der Waals surface area (Å²) in [7, 11) is -5.27. The fourth-order valence-electron chi connectivity index (χ4n) is 2.65. The van der Waals surface area contributed by atoms with Gasteiger partial charge in [-0.25, -0.2) is 13.4 Å². The van der Waals surface area contributed by atoms with Crippen LogP contribution in [0.1, 0.15) is 19.8 Å². The van der Waals surface area contributed by atoms with E-state index in [4.69, 9.17) is 4.74 Å². The van der Waals surface area contributed by atoms with Crippen molar-refractivity contribution in [3.63, 3.8) is 0 Å². The maximum Gasteiger partial charge on any atom is 0.511 e. The van der Waals surface area contributed by atoms with Crippen LogP contribution in [0.4, 0.5) is 13.2 Å². The van der Waals surface area contributed by atoms with E-state index in [-0.39, 0.29) is 32.0 Å².